The molecule has 0 fully saturated rings. The van der Waals surface area contributed by atoms with E-state index in [-0.39, 0.29) is 5.69 Å². The summed E-state index contributed by atoms with van der Waals surface area (Å²) in [5.74, 6) is 0.898. The quantitative estimate of drug-likeness (QED) is 0.476. The molecular formula is C21H23N5O3. The summed E-state index contributed by atoms with van der Waals surface area (Å²) < 4.78 is 10.6. The first kappa shape index (κ1) is 19.9. The summed E-state index contributed by atoms with van der Waals surface area (Å²) in [6.45, 7) is 0. The smallest absolute Gasteiger partial charge is 0.289 e. The highest BCUT2D eigenvalue weighted by atomic mass is 16.5. The SMILES string of the molecule is COc1ccc(OC)c(-c2cc(C(=O)N/N=C/c3ccc(N(C)C)cc3)[nH]n2)c1. The molecule has 1 amide bonds. The van der Waals surface area contributed by atoms with Gasteiger partial charge in [-0.15, -0.1) is 0 Å². The monoisotopic (exact) mass is 393 g/mol. The van der Waals surface area contributed by atoms with Crippen molar-refractivity contribution >= 4 is 17.8 Å². The number of hydrazone groups is 1. The van der Waals surface area contributed by atoms with E-state index in [9.17, 15) is 4.79 Å². The Hall–Kier alpha value is -3.81. The fourth-order valence-electron chi connectivity index (χ4n) is 2.67. The summed E-state index contributed by atoms with van der Waals surface area (Å²) in [5.41, 5.74) is 6.02. The molecule has 0 bridgehead atoms. The third-order valence-electron chi connectivity index (χ3n) is 4.29. The number of benzene rings is 2. The third-order valence-corrected chi connectivity index (χ3v) is 4.29. The predicted octanol–water partition coefficient (Wildman–Crippen LogP) is 2.92. The maximum absolute atomic E-state index is 12.3. The van der Waals surface area contributed by atoms with Crippen molar-refractivity contribution in [2.24, 2.45) is 5.10 Å². The molecule has 0 saturated heterocycles. The minimum absolute atomic E-state index is 0.282. The first-order valence-electron chi connectivity index (χ1n) is 8.90. The van der Waals surface area contributed by atoms with E-state index in [4.69, 9.17) is 9.47 Å². The number of aromatic nitrogens is 2. The number of amides is 1. The van der Waals surface area contributed by atoms with E-state index < -0.39 is 5.91 Å². The Kier molecular flexibility index (Phi) is 6.13. The van der Waals surface area contributed by atoms with Crippen LogP contribution in [-0.4, -0.2) is 50.6 Å². The zero-order chi connectivity index (χ0) is 20.8. The number of H-pyrrole nitrogens is 1. The van der Waals surface area contributed by atoms with Crippen LogP contribution in [0.1, 0.15) is 16.1 Å². The van der Waals surface area contributed by atoms with E-state index in [1.165, 1.54) is 0 Å². The van der Waals surface area contributed by atoms with Crippen molar-refractivity contribution in [1.82, 2.24) is 15.6 Å². The Morgan fingerprint density at radius 3 is 2.52 bits per heavy atom. The molecule has 0 radical (unpaired) electrons. The van der Waals surface area contributed by atoms with Crippen LogP contribution in [0.25, 0.3) is 11.3 Å². The van der Waals surface area contributed by atoms with Crippen LogP contribution in [0.2, 0.25) is 0 Å². The van der Waals surface area contributed by atoms with Gasteiger partial charge in [-0.05, 0) is 42.0 Å². The third kappa shape index (κ3) is 4.73. The van der Waals surface area contributed by atoms with E-state index in [2.05, 4.69) is 20.7 Å². The van der Waals surface area contributed by atoms with Crippen LogP contribution in [0.15, 0.2) is 53.6 Å². The molecule has 3 rings (SSSR count). The van der Waals surface area contributed by atoms with Crippen LogP contribution in [0, 0.1) is 0 Å². The first-order chi connectivity index (χ1) is 14.0. The Labute approximate surface area is 169 Å². The Morgan fingerprint density at radius 2 is 1.86 bits per heavy atom. The van der Waals surface area contributed by atoms with Crippen molar-refractivity contribution in [2.75, 3.05) is 33.2 Å². The Bertz CT molecular complexity index is 1010. The molecule has 8 heteroatoms. The molecule has 1 aromatic heterocycles. The van der Waals surface area contributed by atoms with Crippen molar-refractivity contribution in [3.63, 3.8) is 0 Å². The van der Waals surface area contributed by atoms with Gasteiger partial charge < -0.3 is 14.4 Å². The lowest BCUT2D eigenvalue weighted by Crippen LogP contribution is -2.18. The highest BCUT2D eigenvalue weighted by Gasteiger charge is 2.14. The topological polar surface area (TPSA) is 91.8 Å². The molecule has 1 heterocycles. The van der Waals surface area contributed by atoms with Gasteiger partial charge in [0.2, 0.25) is 0 Å². The molecule has 0 aliphatic carbocycles. The van der Waals surface area contributed by atoms with Crippen molar-refractivity contribution in [3.05, 3.63) is 59.8 Å². The Balaban J connectivity index is 1.69. The lowest BCUT2D eigenvalue weighted by molar-refractivity contribution is 0.0950. The summed E-state index contributed by atoms with van der Waals surface area (Å²) in [7, 11) is 7.11. The van der Waals surface area contributed by atoms with E-state index in [0.717, 1.165) is 11.3 Å². The van der Waals surface area contributed by atoms with Gasteiger partial charge in [-0.25, -0.2) is 5.43 Å². The second-order valence-electron chi connectivity index (χ2n) is 6.42. The van der Waals surface area contributed by atoms with Gasteiger partial charge in [0.25, 0.3) is 5.91 Å². The molecule has 8 nitrogen and oxygen atoms in total. The summed E-state index contributed by atoms with van der Waals surface area (Å²) >= 11 is 0. The summed E-state index contributed by atoms with van der Waals surface area (Å²) in [4.78, 5) is 14.4. The van der Waals surface area contributed by atoms with Crippen molar-refractivity contribution in [3.8, 4) is 22.8 Å². The molecule has 0 saturated carbocycles. The lowest BCUT2D eigenvalue weighted by atomic mass is 10.1. The summed E-state index contributed by atoms with van der Waals surface area (Å²) in [5, 5.41) is 10.9. The highest BCUT2D eigenvalue weighted by molar-refractivity contribution is 5.94. The molecule has 0 aliphatic heterocycles. The molecule has 150 valence electrons. The van der Waals surface area contributed by atoms with Crippen LogP contribution in [0.3, 0.4) is 0 Å². The van der Waals surface area contributed by atoms with Gasteiger partial charge in [0.15, 0.2) is 0 Å². The molecule has 0 spiro atoms. The van der Waals surface area contributed by atoms with Crippen molar-refractivity contribution in [2.45, 2.75) is 0 Å². The molecule has 0 aliphatic rings. The van der Waals surface area contributed by atoms with E-state index in [0.29, 0.717) is 22.8 Å². The predicted molar refractivity (Wildman–Crippen MR) is 113 cm³/mol. The highest BCUT2D eigenvalue weighted by Crippen LogP contribution is 2.32. The normalized spacial score (nSPS) is 10.8. The fourth-order valence-corrected chi connectivity index (χ4v) is 2.67. The maximum Gasteiger partial charge on any atom is 0.289 e. The standard InChI is InChI=1S/C21H23N5O3/c1-26(2)15-7-5-14(6-8-15)13-22-25-21(27)19-12-18(23-24-19)17-11-16(28-3)9-10-20(17)29-4/h5-13H,1-4H3,(H,23,24)(H,25,27)/b22-13+. The van der Waals surface area contributed by atoms with Crippen LogP contribution >= 0.6 is 0 Å². The van der Waals surface area contributed by atoms with Crippen molar-refractivity contribution < 1.29 is 14.3 Å². The van der Waals surface area contributed by atoms with Crippen LogP contribution in [-0.2, 0) is 0 Å². The molecule has 0 atom stereocenters. The van der Waals surface area contributed by atoms with Gasteiger partial charge in [-0.3, -0.25) is 9.89 Å². The number of ether oxygens (including phenoxy) is 2. The molecule has 29 heavy (non-hydrogen) atoms. The van der Waals surface area contributed by atoms with Gasteiger partial charge in [-0.2, -0.15) is 10.2 Å². The van der Waals surface area contributed by atoms with Crippen molar-refractivity contribution in [1.29, 1.82) is 0 Å². The Morgan fingerprint density at radius 1 is 1.10 bits per heavy atom. The maximum atomic E-state index is 12.3. The van der Waals surface area contributed by atoms with Crippen LogP contribution in [0.4, 0.5) is 5.69 Å². The van der Waals surface area contributed by atoms with Crippen LogP contribution < -0.4 is 19.8 Å². The first-order valence-corrected chi connectivity index (χ1v) is 8.90. The van der Waals surface area contributed by atoms with E-state index in [1.807, 2.05) is 43.3 Å². The number of carbonyl (C=O) groups excluding carboxylic acids is 1. The van der Waals surface area contributed by atoms with E-state index >= 15 is 0 Å². The summed E-state index contributed by atoms with van der Waals surface area (Å²) in [6, 6.07) is 14.8. The van der Waals surface area contributed by atoms with Gasteiger partial charge in [-0.1, -0.05) is 12.1 Å². The fraction of sp³-hybridized carbons (Fsp3) is 0.190. The number of methoxy groups -OCH3 is 2. The molecule has 3 aromatic rings. The number of nitrogens with zero attached hydrogens (tertiary/aromatic N) is 3. The van der Waals surface area contributed by atoms with Gasteiger partial charge in [0.05, 0.1) is 26.1 Å². The minimum Gasteiger partial charge on any atom is -0.497 e. The number of nitrogens with one attached hydrogen (secondary N) is 2. The molecule has 2 N–H and O–H groups in total. The lowest BCUT2D eigenvalue weighted by Gasteiger charge is -2.11. The van der Waals surface area contributed by atoms with Gasteiger partial charge in [0.1, 0.15) is 17.2 Å². The van der Waals surface area contributed by atoms with Gasteiger partial charge >= 0.3 is 0 Å². The number of hydrogen-bond donors (Lipinski definition) is 2. The number of carbonyl (C=O) groups is 1. The number of anilines is 1. The minimum atomic E-state index is -0.397. The van der Waals surface area contributed by atoms with Crippen LogP contribution in [0.5, 0.6) is 11.5 Å². The second kappa shape index (κ2) is 8.92. The number of rotatable bonds is 7. The van der Waals surface area contributed by atoms with E-state index in [1.54, 1.807) is 44.7 Å². The second-order valence-corrected chi connectivity index (χ2v) is 6.42. The zero-order valence-corrected chi connectivity index (χ0v) is 16.8. The average Bonchev–Trinajstić information content (AvgIpc) is 3.23. The molecule has 0 unspecified atom stereocenters. The van der Waals surface area contributed by atoms with Gasteiger partial charge in [0, 0.05) is 25.3 Å². The number of aromatic amines is 1. The summed E-state index contributed by atoms with van der Waals surface area (Å²) in [6.07, 6.45) is 1.58. The average molecular weight is 393 g/mol. The zero-order valence-electron chi connectivity index (χ0n) is 16.8. The largest absolute Gasteiger partial charge is 0.497 e. The number of hydrogen-bond acceptors (Lipinski definition) is 6. The molecular weight excluding hydrogens is 370 g/mol. The molecule has 2 aromatic carbocycles.